The first-order chi connectivity index (χ1) is 11.3. The van der Waals surface area contributed by atoms with Gasteiger partial charge in [0.15, 0.2) is 0 Å². The number of nitrogens with one attached hydrogen (secondary N) is 1. The minimum atomic E-state index is -1.31. The van der Waals surface area contributed by atoms with E-state index in [1.807, 2.05) is 0 Å². The first-order valence-electron chi connectivity index (χ1n) is 7.59. The monoisotopic (exact) mass is 329 g/mol. The van der Waals surface area contributed by atoms with E-state index in [1.54, 1.807) is 45.9 Å². The summed E-state index contributed by atoms with van der Waals surface area (Å²) in [5.74, 6) is 0.765. The molecule has 7 nitrogen and oxygen atoms in total. The van der Waals surface area contributed by atoms with E-state index >= 15 is 0 Å². The number of aromatic nitrogens is 2. The van der Waals surface area contributed by atoms with Gasteiger partial charge in [-0.15, -0.1) is 0 Å². The number of nitrogens with zero attached hydrogens (tertiary/aromatic N) is 2. The predicted octanol–water partition coefficient (Wildman–Crippen LogP) is 2.38. The van der Waals surface area contributed by atoms with Crippen LogP contribution in [0.25, 0.3) is 11.1 Å². The molecule has 0 fully saturated rings. The number of aliphatic hydroxyl groups is 1. The van der Waals surface area contributed by atoms with Crippen LogP contribution in [0.4, 0.5) is 0 Å². The van der Waals surface area contributed by atoms with E-state index in [-0.39, 0.29) is 12.5 Å². The number of rotatable bonds is 4. The highest BCUT2D eigenvalue weighted by atomic mass is 16.5. The molecule has 3 heterocycles. The molecule has 0 saturated carbocycles. The van der Waals surface area contributed by atoms with Crippen LogP contribution in [0, 0.1) is 20.8 Å². The summed E-state index contributed by atoms with van der Waals surface area (Å²) in [6, 6.07) is 5.13. The van der Waals surface area contributed by atoms with E-state index in [0.29, 0.717) is 39.6 Å². The largest absolute Gasteiger partial charge is 0.463 e. The van der Waals surface area contributed by atoms with Gasteiger partial charge < -0.3 is 19.4 Å². The standard InChI is InChI=1S/C17H19N3O4/c1-9-7-12(14-11(3)20-24-16(14)19-9)15(21)18-8-17(4,22)13-6-5-10(2)23-13/h5-7,22H,8H2,1-4H3,(H,18,21). The topological polar surface area (TPSA) is 101 Å². The van der Waals surface area contributed by atoms with Crippen LogP contribution >= 0.6 is 0 Å². The molecule has 126 valence electrons. The molecule has 0 spiro atoms. The summed E-state index contributed by atoms with van der Waals surface area (Å²) in [5.41, 5.74) is 0.677. The molecule has 7 heteroatoms. The van der Waals surface area contributed by atoms with Gasteiger partial charge in [0.05, 0.1) is 23.2 Å². The van der Waals surface area contributed by atoms with E-state index in [9.17, 15) is 9.90 Å². The number of carbonyl (C=O) groups is 1. The molecule has 0 radical (unpaired) electrons. The van der Waals surface area contributed by atoms with Crippen molar-refractivity contribution in [2.75, 3.05) is 6.54 Å². The Kier molecular flexibility index (Phi) is 3.88. The number of furan rings is 1. The summed E-state index contributed by atoms with van der Waals surface area (Å²) in [6.45, 7) is 6.91. The van der Waals surface area contributed by atoms with Gasteiger partial charge in [-0.2, -0.15) is 0 Å². The third kappa shape index (κ3) is 2.90. The lowest BCUT2D eigenvalue weighted by Crippen LogP contribution is -2.38. The zero-order chi connectivity index (χ0) is 17.5. The lowest BCUT2D eigenvalue weighted by molar-refractivity contribution is 0.0323. The maximum Gasteiger partial charge on any atom is 0.258 e. The molecule has 0 aliphatic rings. The highest BCUT2D eigenvalue weighted by molar-refractivity contribution is 6.06. The van der Waals surface area contributed by atoms with Crippen molar-refractivity contribution in [2.24, 2.45) is 0 Å². The maximum atomic E-state index is 12.6. The van der Waals surface area contributed by atoms with Crippen LogP contribution < -0.4 is 5.32 Å². The minimum absolute atomic E-state index is 0.00593. The van der Waals surface area contributed by atoms with E-state index in [4.69, 9.17) is 8.94 Å². The fraction of sp³-hybridized carbons (Fsp3) is 0.353. The molecule has 24 heavy (non-hydrogen) atoms. The van der Waals surface area contributed by atoms with Crippen molar-refractivity contribution < 1.29 is 18.8 Å². The van der Waals surface area contributed by atoms with Crippen molar-refractivity contribution in [3.05, 3.63) is 46.7 Å². The molecule has 2 N–H and O–H groups in total. The summed E-state index contributed by atoms with van der Waals surface area (Å²) < 4.78 is 10.6. The highest BCUT2D eigenvalue weighted by Crippen LogP contribution is 2.24. The maximum absolute atomic E-state index is 12.6. The Morgan fingerprint density at radius 2 is 2.08 bits per heavy atom. The molecule has 3 aromatic rings. The van der Waals surface area contributed by atoms with Gasteiger partial charge in [0.25, 0.3) is 11.6 Å². The summed E-state index contributed by atoms with van der Waals surface area (Å²) >= 11 is 0. The number of hydrogen-bond donors (Lipinski definition) is 2. The number of amides is 1. The molecule has 0 aromatic carbocycles. The third-order valence-corrected chi connectivity index (χ3v) is 3.85. The van der Waals surface area contributed by atoms with Gasteiger partial charge in [0.1, 0.15) is 17.1 Å². The Morgan fingerprint density at radius 1 is 1.33 bits per heavy atom. The van der Waals surface area contributed by atoms with Crippen LogP contribution in [-0.4, -0.2) is 27.7 Å². The van der Waals surface area contributed by atoms with Gasteiger partial charge in [-0.1, -0.05) is 5.16 Å². The molecule has 1 unspecified atom stereocenters. The number of aryl methyl sites for hydroxylation is 3. The van der Waals surface area contributed by atoms with Crippen molar-refractivity contribution in [3.63, 3.8) is 0 Å². The van der Waals surface area contributed by atoms with Gasteiger partial charge >= 0.3 is 0 Å². The number of pyridine rings is 1. The van der Waals surface area contributed by atoms with Gasteiger partial charge in [0.2, 0.25) is 0 Å². The zero-order valence-corrected chi connectivity index (χ0v) is 14.0. The van der Waals surface area contributed by atoms with E-state index in [2.05, 4.69) is 15.5 Å². The van der Waals surface area contributed by atoms with Crippen molar-refractivity contribution in [2.45, 2.75) is 33.3 Å². The van der Waals surface area contributed by atoms with Crippen LogP contribution in [0.5, 0.6) is 0 Å². The normalized spacial score (nSPS) is 13.9. The first kappa shape index (κ1) is 16.2. The summed E-state index contributed by atoms with van der Waals surface area (Å²) in [4.78, 5) is 16.8. The van der Waals surface area contributed by atoms with E-state index in [0.717, 1.165) is 0 Å². The fourth-order valence-electron chi connectivity index (χ4n) is 2.56. The molecule has 0 saturated heterocycles. The van der Waals surface area contributed by atoms with Crippen molar-refractivity contribution >= 4 is 17.0 Å². The van der Waals surface area contributed by atoms with E-state index < -0.39 is 5.60 Å². The lowest BCUT2D eigenvalue weighted by Gasteiger charge is -2.21. The SMILES string of the molecule is Cc1cc(C(=O)NCC(C)(O)c2ccc(C)o2)c2c(C)noc2n1. The Morgan fingerprint density at radius 3 is 2.75 bits per heavy atom. The molecular weight excluding hydrogens is 310 g/mol. The molecule has 1 atom stereocenters. The van der Waals surface area contributed by atoms with Gasteiger partial charge in [0, 0.05) is 5.69 Å². The zero-order valence-electron chi connectivity index (χ0n) is 14.0. The molecular formula is C17H19N3O4. The molecule has 0 bridgehead atoms. The Bertz CT molecular complexity index is 908. The average Bonchev–Trinajstić information content (AvgIpc) is 3.11. The van der Waals surface area contributed by atoms with Crippen LogP contribution in [0.3, 0.4) is 0 Å². The van der Waals surface area contributed by atoms with Crippen molar-refractivity contribution in [1.29, 1.82) is 0 Å². The summed E-state index contributed by atoms with van der Waals surface area (Å²) in [7, 11) is 0. The molecule has 1 amide bonds. The van der Waals surface area contributed by atoms with Crippen molar-refractivity contribution in [3.8, 4) is 0 Å². The number of carbonyl (C=O) groups excluding carboxylic acids is 1. The smallest absolute Gasteiger partial charge is 0.258 e. The summed E-state index contributed by atoms with van der Waals surface area (Å²) in [6.07, 6.45) is 0. The third-order valence-electron chi connectivity index (χ3n) is 3.85. The van der Waals surface area contributed by atoms with Crippen molar-refractivity contribution in [1.82, 2.24) is 15.5 Å². The molecule has 3 rings (SSSR count). The first-order valence-corrected chi connectivity index (χ1v) is 7.59. The van der Waals surface area contributed by atoms with Crippen LogP contribution in [0.15, 0.2) is 27.1 Å². The quantitative estimate of drug-likeness (QED) is 0.762. The average molecular weight is 329 g/mol. The van der Waals surface area contributed by atoms with Gasteiger partial charge in [-0.05, 0) is 45.9 Å². The predicted molar refractivity (Wildman–Crippen MR) is 86.6 cm³/mol. The summed E-state index contributed by atoms with van der Waals surface area (Å²) in [5, 5.41) is 17.7. The Labute approximate surface area is 138 Å². The van der Waals surface area contributed by atoms with E-state index in [1.165, 1.54) is 0 Å². The van der Waals surface area contributed by atoms with Gasteiger partial charge in [-0.25, -0.2) is 4.98 Å². The Balaban J connectivity index is 1.84. The lowest BCUT2D eigenvalue weighted by atomic mass is 10.0. The second-order valence-corrected chi connectivity index (χ2v) is 6.13. The second-order valence-electron chi connectivity index (χ2n) is 6.13. The van der Waals surface area contributed by atoms with Crippen LogP contribution in [0.1, 0.15) is 40.2 Å². The number of fused-ring (bicyclic) bond motifs is 1. The highest BCUT2D eigenvalue weighted by Gasteiger charge is 2.28. The van der Waals surface area contributed by atoms with Crippen LogP contribution in [-0.2, 0) is 5.60 Å². The van der Waals surface area contributed by atoms with Gasteiger partial charge in [-0.3, -0.25) is 4.79 Å². The van der Waals surface area contributed by atoms with Crippen LogP contribution in [0.2, 0.25) is 0 Å². The fourth-order valence-corrected chi connectivity index (χ4v) is 2.56. The molecule has 3 aromatic heterocycles. The minimum Gasteiger partial charge on any atom is -0.463 e. The molecule has 0 aliphatic carbocycles. The Hall–Kier alpha value is -2.67. The number of hydrogen-bond acceptors (Lipinski definition) is 6. The second kappa shape index (κ2) is 5.76. The molecule has 0 aliphatic heterocycles.